The molecule has 1 aliphatic heterocycles. The van der Waals surface area contributed by atoms with Crippen molar-refractivity contribution >= 4 is 0 Å². The highest BCUT2D eigenvalue weighted by Crippen LogP contribution is 2.35. The molecule has 1 atom stereocenters. The van der Waals surface area contributed by atoms with Crippen molar-refractivity contribution in [3.63, 3.8) is 0 Å². The lowest BCUT2D eigenvalue weighted by atomic mass is 10.0. The van der Waals surface area contributed by atoms with E-state index in [0.717, 1.165) is 18.8 Å². The van der Waals surface area contributed by atoms with Crippen LogP contribution in [0, 0.1) is 0 Å². The SMILES string of the molecule is CCc1cccc2c1OCC2NC. The Kier molecular flexibility index (Phi) is 2.23. The smallest absolute Gasteiger partial charge is 0.127 e. The van der Waals surface area contributed by atoms with Gasteiger partial charge in [-0.2, -0.15) is 0 Å². The summed E-state index contributed by atoms with van der Waals surface area (Å²) in [6, 6.07) is 6.76. The average Bonchev–Trinajstić information content (AvgIpc) is 2.60. The molecule has 1 aromatic carbocycles. The van der Waals surface area contributed by atoms with Crippen molar-refractivity contribution in [2.45, 2.75) is 19.4 Å². The summed E-state index contributed by atoms with van der Waals surface area (Å²) in [4.78, 5) is 0. The number of likely N-dealkylation sites (N-methyl/N-ethyl adjacent to an activating group) is 1. The standard InChI is InChI=1S/C11H15NO/c1-3-8-5-4-6-9-10(12-2)7-13-11(8)9/h4-6,10,12H,3,7H2,1-2H3. The maximum atomic E-state index is 5.66. The van der Waals surface area contributed by atoms with Crippen molar-refractivity contribution in [3.05, 3.63) is 29.3 Å². The van der Waals surface area contributed by atoms with Crippen molar-refractivity contribution in [1.82, 2.24) is 5.32 Å². The molecule has 1 unspecified atom stereocenters. The van der Waals surface area contributed by atoms with Crippen LogP contribution in [0.3, 0.4) is 0 Å². The van der Waals surface area contributed by atoms with Crippen LogP contribution in [0.1, 0.15) is 24.1 Å². The van der Waals surface area contributed by atoms with E-state index in [1.165, 1.54) is 11.1 Å². The molecule has 0 spiro atoms. The molecule has 1 aliphatic rings. The molecule has 13 heavy (non-hydrogen) atoms. The zero-order valence-corrected chi connectivity index (χ0v) is 8.13. The molecule has 1 N–H and O–H groups in total. The van der Waals surface area contributed by atoms with Crippen molar-refractivity contribution in [2.24, 2.45) is 0 Å². The Morgan fingerprint density at radius 1 is 1.54 bits per heavy atom. The molecule has 0 radical (unpaired) electrons. The van der Waals surface area contributed by atoms with Crippen LogP contribution < -0.4 is 10.1 Å². The first-order valence-electron chi connectivity index (χ1n) is 4.78. The molecule has 1 heterocycles. The molecule has 0 amide bonds. The Morgan fingerprint density at radius 2 is 2.38 bits per heavy atom. The lowest BCUT2D eigenvalue weighted by Gasteiger charge is -2.06. The second kappa shape index (κ2) is 3.38. The normalized spacial score (nSPS) is 19.7. The number of nitrogens with one attached hydrogen (secondary N) is 1. The van der Waals surface area contributed by atoms with E-state index in [4.69, 9.17) is 4.74 Å². The first kappa shape index (κ1) is 8.57. The lowest BCUT2D eigenvalue weighted by Crippen LogP contribution is -2.16. The molecule has 2 heteroatoms. The van der Waals surface area contributed by atoms with Crippen LogP contribution in [0.5, 0.6) is 5.75 Å². The Bertz CT molecular complexity index is 309. The van der Waals surface area contributed by atoms with Crippen molar-refractivity contribution in [2.75, 3.05) is 13.7 Å². The summed E-state index contributed by atoms with van der Waals surface area (Å²) < 4.78 is 5.66. The molecule has 1 aromatic rings. The highest BCUT2D eigenvalue weighted by Gasteiger charge is 2.23. The summed E-state index contributed by atoms with van der Waals surface area (Å²) in [7, 11) is 1.97. The number of hydrogen-bond donors (Lipinski definition) is 1. The molecule has 0 bridgehead atoms. The number of benzene rings is 1. The zero-order valence-electron chi connectivity index (χ0n) is 8.13. The number of fused-ring (bicyclic) bond motifs is 1. The third-order valence-corrected chi connectivity index (χ3v) is 2.63. The number of ether oxygens (including phenoxy) is 1. The van der Waals surface area contributed by atoms with Gasteiger partial charge in [0, 0.05) is 5.56 Å². The van der Waals surface area contributed by atoms with Crippen LogP contribution in [0.15, 0.2) is 18.2 Å². The Morgan fingerprint density at radius 3 is 3.08 bits per heavy atom. The Labute approximate surface area is 78.9 Å². The Balaban J connectivity index is 2.43. The summed E-state index contributed by atoms with van der Waals surface area (Å²) in [6.45, 7) is 2.93. The van der Waals surface area contributed by atoms with E-state index >= 15 is 0 Å². The predicted octanol–water partition coefficient (Wildman–Crippen LogP) is 1.90. The maximum Gasteiger partial charge on any atom is 0.127 e. The first-order valence-corrected chi connectivity index (χ1v) is 4.78. The van der Waals surface area contributed by atoms with Gasteiger partial charge in [0.25, 0.3) is 0 Å². The van der Waals surface area contributed by atoms with E-state index in [9.17, 15) is 0 Å². The molecule has 2 rings (SSSR count). The van der Waals surface area contributed by atoms with E-state index in [-0.39, 0.29) is 0 Å². The largest absolute Gasteiger partial charge is 0.491 e. The quantitative estimate of drug-likeness (QED) is 0.745. The van der Waals surface area contributed by atoms with Gasteiger partial charge < -0.3 is 10.1 Å². The third kappa shape index (κ3) is 1.31. The lowest BCUT2D eigenvalue weighted by molar-refractivity contribution is 0.316. The third-order valence-electron chi connectivity index (χ3n) is 2.63. The molecular formula is C11H15NO. The fourth-order valence-electron chi connectivity index (χ4n) is 1.83. The van der Waals surface area contributed by atoms with Crippen molar-refractivity contribution in [3.8, 4) is 5.75 Å². The van der Waals surface area contributed by atoms with Gasteiger partial charge in [-0.1, -0.05) is 25.1 Å². The fraction of sp³-hybridized carbons (Fsp3) is 0.455. The van der Waals surface area contributed by atoms with Crippen molar-refractivity contribution in [1.29, 1.82) is 0 Å². The first-order chi connectivity index (χ1) is 6.36. The zero-order chi connectivity index (χ0) is 9.26. The van der Waals surface area contributed by atoms with Gasteiger partial charge in [-0.3, -0.25) is 0 Å². The minimum absolute atomic E-state index is 0.376. The molecule has 70 valence electrons. The highest BCUT2D eigenvalue weighted by atomic mass is 16.5. The number of hydrogen-bond acceptors (Lipinski definition) is 2. The summed E-state index contributed by atoms with van der Waals surface area (Å²) in [5.74, 6) is 1.10. The van der Waals surface area contributed by atoms with Gasteiger partial charge >= 0.3 is 0 Å². The molecule has 2 nitrogen and oxygen atoms in total. The van der Waals surface area contributed by atoms with Crippen LogP contribution in [-0.4, -0.2) is 13.7 Å². The van der Waals surface area contributed by atoms with Crippen LogP contribution in [0.25, 0.3) is 0 Å². The summed E-state index contributed by atoms with van der Waals surface area (Å²) in [5.41, 5.74) is 2.62. The van der Waals surface area contributed by atoms with Crippen LogP contribution >= 0.6 is 0 Å². The van der Waals surface area contributed by atoms with E-state index in [0.29, 0.717) is 6.04 Å². The molecule has 0 fully saturated rings. The van der Waals surface area contributed by atoms with Gasteiger partial charge in [-0.25, -0.2) is 0 Å². The van der Waals surface area contributed by atoms with E-state index < -0.39 is 0 Å². The molecule has 0 aromatic heterocycles. The van der Waals surface area contributed by atoms with Gasteiger partial charge in [-0.05, 0) is 19.0 Å². The van der Waals surface area contributed by atoms with Crippen LogP contribution in [-0.2, 0) is 6.42 Å². The topological polar surface area (TPSA) is 21.3 Å². The van der Waals surface area contributed by atoms with E-state index in [1.807, 2.05) is 7.05 Å². The number of para-hydroxylation sites is 1. The second-order valence-corrected chi connectivity index (χ2v) is 3.34. The predicted molar refractivity (Wildman–Crippen MR) is 53.1 cm³/mol. The van der Waals surface area contributed by atoms with Gasteiger partial charge in [0.2, 0.25) is 0 Å². The minimum atomic E-state index is 0.376. The van der Waals surface area contributed by atoms with Gasteiger partial charge in [0.05, 0.1) is 6.04 Å². The van der Waals surface area contributed by atoms with Crippen LogP contribution in [0.4, 0.5) is 0 Å². The van der Waals surface area contributed by atoms with Gasteiger partial charge in [0.15, 0.2) is 0 Å². The van der Waals surface area contributed by atoms with Crippen molar-refractivity contribution < 1.29 is 4.74 Å². The Hall–Kier alpha value is -1.02. The molecular weight excluding hydrogens is 162 g/mol. The van der Waals surface area contributed by atoms with Gasteiger partial charge in [0.1, 0.15) is 12.4 Å². The fourth-order valence-corrected chi connectivity index (χ4v) is 1.83. The molecule has 0 aliphatic carbocycles. The average molecular weight is 177 g/mol. The monoisotopic (exact) mass is 177 g/mol. The number of aryl methyl sites for hydroxylation is 1. The summed E-state index contributed by atoms with van der Waals surface area (Å²) >= 11 is 0. The highest BCUT2D eigenvalue weighted by molar-refractivity contribution is 5.46. The second-order valence-electron chi connectivity index (χ2n) is 3.34. The van der Waals surface area contributed by atoms with E-state index in [2.05, 4.69) is 30.4 Å². The maximum absolute atomic E-state index is 5.66. The van der Waals surface area contributed by atoms with Crippen LogP contribution in [0.2, 0.25) is 0 Å². The van der Waals surface area contributed by atoms with Gasteiger partial charge in [-0.15, -0.1) is 0 Å². The summed E-state index contributed by atoms with van der Waals surface area (Å²) in [6.07, 6.45) is 1.04. The van der Waals surface area contributed by atoms with E-state index in [1.54, 1.807) is 0 Å². The minimum Gasteiger partial charge on any atom is -0.491 e. The molecule has 0 saturated heterocycles. The summed E-state index contributed by atoms with van der Waals surface area (Å²) in [5, 5.41) is 3.25. The number of rotatable bonds is 2. The molecule has 0 saturated carbocycles.